The van der Waals surface area contributed by atoms with Crippen LogP contribution in [0.5, 0.6) is 0 Å². The summed E-state index contributed by atoms with van der Waals surface area (Å²) in [4.78, 5) is 19.8. The highest BCUT2D eigenvalue weighted by molar-refractivity contribution is 6.76. The van der Waals surface area contributed by atoms with E-state index in [0.29, 0.717) is 18.0 Å². The number of aromatic nitrogens is 3. The maximum atomic E-state index is 11.1. The molecule has 26 heavy (non-hydrogen) atoms. The minimum atomic E-state index is -1.11. The van der Waals surface area contributed by atoms with Crippen LogP contribution in [-0.4, -0.2) is 35.5 Å². The van der Waals surface area contributed by atoms with Gasteiger partial charge in [0.15, 0.2) is 0 Å². The summed E-state index contributed by atoms with van der Waals surface area (Å²) in [5.41, 5.74) is 2.87. The van der Waals surface area contributed by atoms with E-state index in [0.717, 1.165) is 35.5 Å². The van der Waals surface area contributed by atoms with Crippen molar-refractivity contribution in [3.05, 3.63) is 47.4 Å². The van der Waals surface area contributed by atoms with E-state index in [9.17, 15) is 4.79 Å². The van der Waals surface area contributed by atoms with E-state index < -0.39 is 8.07 Å². The topological polar surface area (TPSA) is 57.0 Å². The van der Waals surface area contributed by atoms with Gasteiger partial charge in [-0.2, -0.15) is 4.98 Å². The maximum absolute atomic E-state index is 11.1. The zero-order chi connectivity index (χ0) is 18.7. The Kier molecular flexibility index (Phi) is 5.55. The number of benzene rings is 1. The molecule has 0 saturated carbocycles. The fourth-order valence-corrected chi connectivity index (χ4v) is 3.58. The number of aldehydes is 1. The Balaban J connectivity index is 1.90. The fourth-order valence-electron chi connectivity index (χ4n) is 2.66. The van der Waals surface area contributed by atoms with Gasteiger partial charge in [-0.15, -0.1) is 0 Å². The highest BCUT2D eigenvalue weighted by Crippen LogP contribution is 2.28. The number of hydrogen-bond acceptors (Lipinski definition) is 4. The Bertz CT molecular complexity index is 934. The molecule has 2 heterocycles. The van der Waals surface area contributed by atoms with Crippen LogP contribution >= 0.6 is 11.6 Å². The molecule has 0 spiro atoms. The van der Waals surface area contributed by atoms with Gasteiger partial charge in [0.05, 0.1) is 5.69 Å². The lowest BCUT2D eigenvalue weighted by Crippen LogP contribution is -2.22. The molecule has 0 aliphatic rings. The molecule has 2 aromatic heterocycles. The molecule has 0 N–H and O–H groups in total. The van der Waals surface area contributed by atoms with Crippen molar-refractivity contribution in [2.75, 3.05) is 6.61 Å². The van der Waals surface area contributed by atoms with Crippen molar-refractivity contribution in [2.24, 2.45) is 0 Å². The van der Waals surface area contributed by atoms with Gasteiger partial charge in [0.2, 0.25) is 5.28 Å². The van der Waals surface area contributed by atoms with Crippen LogP contribution in [0.25, 0.3) is 22.3 Å². The number of rotatable bonds is 7. The monoisotopic (exact) mass is 387 g/mol. The number of nitrogens with zero attached hydrogens (tertiary/aromatic N) is 3. The van der Waals surface area contributed by atoms with E-state index in [4.69, 9.17) is 16.3 Å². The second kappa shape index (κ2) is 7.69. The van der Waals surface area contributed by atoms with Gasteiger partial charge in [0.25, 0.3) is 0 Å². The average molecular weight is 388 g/mol. The molecule has 0 bridgehead atoms. The minimum Gasteiger partial charge on any atom is -0.361 e. The van der Waals surface area contributed by atoms with Crippen molar-refractivity contribution >= 4 is 37.0 Å². The van der Waals surface area contributed by atoms with Crippen LogP contribution in [0.2, 0.25) is 31.0 Å². The largest absolute Gasteiger partial charge is 0.361 e. The van der Waals surface area contributed by atoms with Crippen molar-refractivity contribution in [1.82, 2.24) is 14.5 Å². The number of carbonyl (C=O) groups is 1. The summed E-state index contributed by atoms with van der Waals surface area (Å²) in [7, 11) is -1.11. The van der Waals surface area contributed by atoms with Gasteiger partial charge in [0, 0.05) is 37.4 Å². The number of hydrogen-bond donors (Lipinski definition) is 0. The van der Waals surface area contributed by atoms with E-state index in [1.54, 1.807) is 12.1 Å². The van der Waals surface area contributed by atoms with Gasteiger partial charge in [-0.3, -0.25) is 4.79 Å². The van der Waals surface area contributed by atoms with Crippen LogP contribution < -0.4 is 0 Å². The molecule has 1 aromatic carbocycles. The first-order chi connectivity index (χ1) is 12.4. The van der Waals surface area contributed by atoms with Gasteiger partial charge in [0.1, 0.15) is 18.7 Å². The third kappa shape index (κ3) is 4.38. The second-order valence-corrected chi connectivity index (χ2v) is 13.4. The first-order valence-corrected chi connectivity index (χ1v) is 12.6. The van der Waals surface area contributed by atoms with Crippen LogP contribution in [0.3, 0.4) is 0 Å². The van der Waals surface area contributed by atoms with Crippen molar-refractivity contribution < 1.29 is 9.53 Å². The highest BCUT2D eigenvalue weighted by Gasteiger charge is 2.14. The molecule has 0 unspecified atom stereocenters. The molecule has 136 valence electrons. The number of ether oxygens (including phenoxy) is 1. The highest BCUT2D eigenvalue weighted by atomic mass is 35.5. The maximum Gasteiger partial charge on any atom is 0.224 e. The Morgan fingerprint density at radius 2 is 2.04 bits per heavy atom. The lowest BCUT2D eigenvalue weighted by atomic mass is 10.1. The Morgan fingerprint density at radius 1 is 1.23 bits per heavy atom. The predicted octanol–water partition coefficient (Wildman–Crippen LogP) is 4.88. The summed E-state index contributed by atoms with van der Waals surface area (Å²) < 4.78 is 7.76. The quantitative estimate of drug-likeness (QED) is 0.251. The van der Waals surface area contributed by atoms with Crippen LogP contribution in [0.1, 0.15) is 10.4 Å². The van der Waals surface area contributed by atoms with Crippen LogP contribution in [0, 0.1) is 0 Å². The molecule has 3 aromatic rings. The van der Waals surface area contributed by atoms with Gasteiger partial charge >= 0.3 is 0 Å². The lowest BCUT2D eigenvalue weighted by molar-refractivity contribution is 0.0899. The molecule has 0 aliphatic carbocycles. The SMILES string of the molecule is C[Si](C)(C)CCOCn1ccc2c(-c3cccc(C=O)c3)nc(Cl)nc21. The van der Waals surface area contributed by atoms with E-state index in [-0.39, 0.29) is 5.28 Å². The molecule has 0 saturated heterocycles. The zero-order valence-electron chi connectivity index (χ0n) is 15.2. The molecule has 0 amide bonds. The third-order valence-electron chi connectivity index (χ3n) is 4.11. The Labute approximate surface area is 159 Å². The zero-order valence-corrected chi connectivity index (χ0v) is 17.0. The van der Waals surface area contributed by atoms with E-state index in [2.05, 4.69) is 29.6 Å². The van der Waals surface area contributed by atoms with Crippen LogP contribution in [-0.2, 0) is 11.5 Å². The second-order valence-electron chi connectivity index (χ2n) is 7.46. The summed E-state index contributed by atoms with van der Waals surface area (Å²) >= 11 is 6.16. The molecule has 0 fully saturated rings. The van der Waals surface area contributed by atoms with Gasteiger partial charge in [-0.05, 0) is 29.8 Å². The molecule has 0 radical (unpaired) electrons. The van der Waals surface area contributed by atoms with Crippen LogP contribution in [0.4, 0.5) is 0 Å². The Morgan fingerprint density at radius 3 is 2.77 bits per heavy atom. The Hall–Kier alpha value is -2.02. The van der Waals surface area contributed by atoms with Crippen LogP contribution in [0.15, 0.2) is 36.5 Å². The smallest absolute Gasteiger partial charge is 0.224 e. The van der Waals surface area contributed by atoms with Gasteiger partial charge < -0.3 is 9.30 Å². The normalized spacial score (nSPS) is 11.8. The predicted molar refractivity (Wildman–Crippen MR) is 107 cm³/mol. The van der Waals surface area contributed by atoms with Gasteiger partial charge in [-0.1, -0.05) is 37.8 Å². The van der Waals surface area contributed by atoms with Crippen molar-refractivity contribution in [2.45, 2.75) is 32.4 Å². The fraction of sp³-hybridized carbons (Fsp3) is 0.316. The van der Waals surface area contributed by atoms with Crippen molar-refractivity contribution in [3.8, 4) is 11.3 Å². The summed E-state index contributed by atoms with van der Waals surface area (Å²) in [6, 6.07) is 10.4. The molecule has 0 aliphatic heterocycles. The molecule has 7 heteroatoms. The molecule has 0 atom stereocenters. The first-order valence-electron chi connectivity index (χ1n) is 8.53. The number of carbonyl (C=O) groups excluding carboxylic acids is 1. The van der Waals surface area contributed by atoms with E-state index in [1.807, 2.05) is 29.0 Å². The number of fused-ring (bicyclic) bond motifs is 1. The molecule has 5 nitrogen and oxygen atoms in total. The molecular formula is C19H22ClN3O2Si. The van der Waals surface area contributed by atoms with Crippen molar-refractivity contribution in [1.29, 1.82) is 0 Å². The molecular weight excluding hydrogens is 366 g/mol. The average Bonchev–Trinajstić information content (AvgIpc) is 3.00. The lowest BCUT2D eigenvalue weighted by Gasteiger charge is -2.15. The summed E-state index contributed by atoms with van der Waals surface area (Å²) in [5, 5.41) is 1.05. The van der Waals surface area contributed by atoms with E-state index >= 15 is 0 Å². The number of halogens is 1. The summed E-state index contributed by atoms with van der Waals surface area (Å²) in [5.74, 6) is 0. The van der Waals surface area contributed by atoms with Gasteiger partial charge in [-0.25, -0.2) is 4.98 Å². The standard InChI is InChI=1S/C19H22ClN3O2Si/c1-26(2,3)10-9-25-13-23-8-7-16-17(21-19(20)22-18(16)23)15-6-4-5-14(11-15)12-24/h4-8,11-12H,9-10,13H2,1-3H3. The summed E-state index contributed by atoms with van der Waals surface area (Å²) in [6.07, 6.45) is 2.75. The first kappa shape index (κ1) is 18.8. The van der Waals surface area contributed by atoms with Crippen molar-refractivity contribution in [3.63, 3.8) is 0 Å². The molecule has 3 rings (SSSR count). The minimum absolute atomic E-state index is 0.172. The van der Waals surface area contributed by atoms with E-state index in [1.165, 1.54) is 0 Å². The third-order valence-corrected chi connectivity index (χ3v) is 5.99. The summed E-state index contributed by atoms with van der Waals surface area (Å²) in [6.45, 7) is 8.15.